The highest BCUT2D eigenvalue weighted by Crippen LogP contribution is 2.52. The Morgan fingerprint density at radius 1 is 0.434 bits per heavy atom. The molecule has 6 aliphatic rings. The monoisotopic (exact) mass is 1060 g/mol. The van der Waals surface area contributed by atoms with Crippen molar-refractivity contribution in [2.45, 2.75) is 91.1 Å². The summed E-state index contributed by atoms with van der Waals surface area (Å²) in [5.74, 6) is -0.137. The number of likely N-dealkylation sites (tertiary alicyclic amines) is 2. The molecule has 0 radical (unpaired) electrons. The summed E-state index contributed by atoms with van der Waals surface area (Å²) >= 11 is 0. The average molecular weight is 1060 g/mol. The lowest BCUT2D eigenvalue weighted by Gasteiger charge is -2.28. The van der Waals surface area contributed by atoms with E-state index in [4.69, 9.17) is 27.1 Å². The van der Waals surface area contributed by atoms with Gasteiger partial charge in [0.05, 0.1) is 100 Å². The van der Waals surface area contributed by atoms with Gasteiger partial charge in [-0.3, -0.25) is 57.7 Å². The SMILES string of the molecule is CC(=O)NCC12C=CC(O1)C1C(=O)N(C)C(=O)C12.CC(=O)NCC12C=CC(O1)C1C(=O)N(C)C(=O)C12.CC(=O)NCc1ccco1.CC(=O)NCc1ccco1.CC(=O)NCc1ccco1.CC(=O)NCc1ccco1. The van der Waals surface area contributed by atoms with Gasteiger partial charge < -0.3 is 59.0 Å². The molecule has 10 rings (SSSR count). The summed E-state index contributed by atoms with van der Waals surface area (Å²) in [6, 6.07) is 14.4. The molecule has 4 saturated heterocycles. The predicted molar refractivity (Wildman–Crippen MR) is 265 cm³/mol. The van der Waals surface area contributed by atoms with Gasteiger partial charge in [0.1, 0.15) is 34.2 Å². The van der Waals surface area contributed by atoms with Gasteiger partial charge in [-0.1, -0.05) is 24.3 Å². The van der Waals surface area contributed by atoms with Crippen molar-refractivity contribution < 1.29 is 75.1 Å². The van der Waals surface area contributed by atoms with E-state index < -0.39 is 34.9 Å². The van der Waals surface area contributed by atoms with Crippen LogP contribution in [0.15, 0.2) is 116 Å². The fourth-order valence-corrected chi connectivity index (χ4v) is 8.72. The van der Waals surface area contributed by atoms with Gasteiger partial charge >= 0.3 is 0 Å². The molecule has 4 bridgehead atoms. The zero-order chi connectivity index (χ0) is 55.7. The van der Waals surface area contributed by atoms with Crippen molar-refractivity contribution in [1.82, 2.24) is 41.7 Å². The maximum Gasteiger partial charge on any atom is 0.236 e. The van der Waals surface area contributed by atoms with E-state index >= 15 is 0 Å². The number of rotatable bonds is 12. The molecule has 4 aromatic heterocycles. The third-order valence-electron chi connectivity index (χ3n) is 12.3. The summed E-state index contributed by atoms with van der Waals surface area (Å²) in [6.45, 7) is 11.1. The van der Waals surface area contributed by atoms with Crippen molar-refractivity contribution >= 4 is 59.1 Å². The van der Waals surface area contributed by atoms with Crippen LogP contribution in [0.4, 0.5) is 0 Å². The molecule has 8 atom stereocenters. The Bertz CT molecular complexity index is 2440. The molecular weight excluding hydrogens is 993 g/mol. The zero-order valence-electron chi connectivity index (χ0n) is 43.4. The maximum absolute atomic E-state index is 12.1. The van der Waals surface area contributed by atoms with Gasteiger partial charge in [0.2, 0.25) is 59.1 Å². The number of fused-ring (bicyclic) bond motifs is 10. The van der Waals surface area contributed by atoms with Crippen molar-refractivity contribution in [1.29, 1.82) is 0 Å². The molecule has 6 aliphatic heterocycles. The Hall–Kier alpha value is -8.38. The van der Waals surface area contributed by atoms with Gasteiger partial charge in [0.25, 0.3) is 0 Å². The molecule has 0 spiro atoms. The Kier molecular flexibility index (Phi) is 20.6. The molecule has 0 saturated carbocycles. The lowest BCUT2D eigenvalue weighted by molar-refractivity contribution is -0.144. The van der Waals surface area contributed by atoms with Crippen LogP contribution in [0, 0.1) is 23.7 Å². The number of ether oxygens (including phenoxy) is 2. The summed E-state index contributed by atoms with van der Waals surface area (Å²) < 4.78 is 31.4. The van der Waals surface area contributed by atoms with Gasteiger partial charge in [-0.2, -0.15) is 0 Å². The summed E-state index contributed by atoms with van der Waals surface area (Å²) in [7, 11) is 2.99. The van der Waals surface area contributed by atoms with E-state index in [0.717, 1.165) is 23.0 Å². The smallest absolute Gasteiger partial charge is 0.236 e. The second kappa shape index (κ2) is 26.7. The minimum atomic E-state index is -0.849. The van der Waals surface area contributed by atoms with Crippen molar-refractivity contribution in [3.63, 3.8) is 0 Å². The van der Waals surface area contributed by atoms with E-state index in [-0.39, 0.29) is 84.4 Å². The molecule has 24 heteroatoms. The van der Waals surface area contributed by atoms with Gasteiger partial charge in [-0.05, 0) is 48.5 Å². The number of amides is 10. The minimum Gasteiger partial charge on any atom is -0.467 e. The highest BCUT2D eigenvalue weighted by Gasteiger charge is 2.68. The van der Waals surface area contributed by atoms with E-state index in [1.54, 1.807) is 61.5 Å². The molecular formula is C52H64N8O16. The Labute approximate surface area is 437 Å². The standard InChI is InChI=1S/2C12H14N2O4.4C7H9NO2/c2*1-6(15)13-5-12-4-3-7(18-12)8-9(12)11(17)14(2)10(8)16;4*1-6(9)8-5-7-3-2-4-10-7/h2*3-4,7-9H,5H2,1-2H3,(H,13,15);4*2-4H,5H2,1H3,(H,8,9). The molecule has 408 valence electrons. The summed E-state index contributed by atoms with van der Waals surface area (Å²) in [5, 5.41) is 15.8. The quantitative estimate of drug-likeness (QED) is 0.0870. The molecule has 0 aliphatic carbocycles. The summed E-state index contributed by atoms with van der Waals surface area (Å²) in [4.78, 5) is 114. The number of hydrogen-bond acceptors (Lipinski definition) is 16. The van der Waals surface area contributed by atoms with Gasteiger partial charge in [0.15, 0.2) is 0 Å². The van der Waals surface area contributed by atoms with Crippen LogP contribution in [0.25, 0.3) is 0 Å². The van der Waals surface area contributed by atoms with Crippen LogP contribution < -0.4 is 31.9 Å². The lowest BCUT2D eigenvalue weighted by atomic mass is 9.77. The molecule has 76 heavy (non-hydrogen) atoms. The molecule has 8 unspecified atom stereocenters. The first-order valence-corrected chi connectivity index (χ1v) is 24.0. The Balaban J connectivity index is 0.000000173. The van der Waals surface area contributed by atoms with Crippen LogP contribution in [0.3, 0.4) is 0 Å². The molecule has 6 N–H and O–H groups in total. The number of nitrogens with one attached hydrogen (secondary N) is 6. The van der Waals surface area contributed by atoms with E-state index in [1.807, 2.05) is 36.4 Å². The fraction of sp³-hybridized carbons (Fsp3) is 0.423. The van der Waals surface area contributed by atoms with Crippen molar-refractivity contribution in [2.75, 3.05) is 27.2 Å². The van der Waals surface area contributed by atoms with Gasteiger partial charge in [0, 0.05) is 55.6 Å². The molecule has 0 aromatic carbocycles. The maximum atomic E-state index is 12.1. The fourth-order valence-electron chi connectivity index (χ4n) is 8.72. The average Bonchev–Trinajstić information content (AvgIpc) is 4.24. The van der Waals surface area contributed by atoms with E-state index in [9.17, 15) is 47.9 Å². The topological polar surface area (TPSA) is 320 Å². The van der Waals surface area contributed by atoms with E-state index in [2.05, 4.69) is 31.9 Å². The molecule has 4 fully saturated rings. The van der Waals surface area contributed by atoms with Crippen LogP contribution in [0.1, 0.15) is 64.6 Å². The third-order valence-corrected chi connectivity index (χ3v) is 12.3. The first-order chi connectivity index (χ1) is 36.1. The highest BCUT2D eigenvalue weighted by atomic mass is 16.5. The first kappa shape index (κ1) is 58.5. The van der Waals surface area contributed by atoms with Crippen LogP contribution in [0.2, 0.25) is 0 Å². The first-order valence-electron chi connectivity index (χ1n) is 24.0. The van der Waals surface area contributed by atoms with Crippen LogP contribution >= 0.6 is 0 Å². The van der Waals surface area contributed by atoms with E-state index in [0.29, 0.717) is 26.2 Å². The number of imide groups is 2. The van der Waals surface area contributed by atoms with Gasteiger partial charge in [-0.25, -0.2) is 0 Å². The van der Waals surface area contributed by atoms with Crippen molar-refractivity contribution in [3.05, 3.63) is 121 Å². The molecule has 10 amide bonds. The number of nitrogens with zero attached hydrogens (tertiary/aromatic N) is 2. The molecule has 24 nitrogen and oxygen atoms in total. The van der Waals surface area contributed by atoms with Gasteiger partial charge in [-0.15, -0.1) is 0 Å². The number of carbonyl (C=O) groups is 10. The summed E-state index contributed by atoms with van der Waals surface area (Å²) in [6.07, 6.45) is 12.9. The molecule has 4 aromatic rings. The number of carbonyl (C=O) groups excluding carboxylic acids is 10. The molecule has 10 heterocycles. The normalized spacial score (nSPS) is 24.1. The van der Waals surface area contributed by atoms with Crippen LogP contribution in [-0.2, 0) is 83.6 Å². The highest BCUT2D eigenvalue weighted by molar-refractivity contribution is 6.07. The lowest BCUT2D eigenvalue weighted by Crippen LogP contribution is -2.48. The minimum absolute atomic E-state index is 0.0450. The Morgan fingerprint density at radius 3 is 0.921 bits per heavy atom. The van der Waals surface area contributed by atoms with Crippen molar-refractivity contribution in [3.8, 4) is 0 Å². The summed E-state index contributed by atoms with van der Waals surface area (Å²) in [5.41, 5.74) is -1.70. The number of hydrogen-bond donors (Lipinski definition) is 6. The van der Waals surface area contributed by atoms with E-state index in [1.165, 1.54) is 65.4 Å². The second-order valence-electron chi connectivity index (χ2n) is 18.0. The number of furan rings is 4. The predicted octanol–water partition coefficient (Wildman–Crippen LogP) is 1.78. The second-order valence-corrected chi connectivity index (χ2v) is 18.0. The Morgan fingerprint density at radius 2 is 0.697 bits per heavy atom. The van der Waals surface area contributed by atoms with Crippen molar-refractivity contribution in [2.24, 2.45) is 23.7 Å². The van der Waals surface area contributed by atoms with Crippen LogP contribution in [-0.4, -0.2) is 119 Å². The van der Waals surface area contributed by atoms with Crippen LogP contribution in [0.5, 0.6) is 0 Å². The third kappa shape index (κ3) is 15.3. The largest absolute Gasteiger partial charge is 0.467 e. The zero-order valence-corrected chi connectivity index (χ0v) is 43.4.